The minimum absolute atomic E-state index is 0.222. The average Bonchev–Trinajstić information content (AvgIpc) is 3.25. The van der Waals surface area contributed by atoms with Crippen molar-refractivity contribution < 1.29 is 14.7 Å². The number of benzene rings is 1. The maximum atomic E-state index is 13.1. The van der Waals surface area contributed by atoms with Gasteiger partial charge in [-0.1, -0.05) is 37.5 Å². The summed E-state index contributed by atoms with van der Waals surface area (Å²) in [5.41, 5.74) is 0.971. The highest BCUT2D eigenvalue weighted by Crippen LogP contribution is 2.36. The van der Waals surface area contributed by atoms with E-state index in [1.165, 1.54) is 37.8 Å². The number of nitrogens with zero attached hydrogens (tertiary/aromatic N) is 2. The van der Waals surface area contributed by atoms with Gasteiger partial charge in [0.15, 0.2) is 0 Å². The molecule has 0 atom stereocenters. The molecule has 150 valence electrons. The first-order chi connectivity index (χ1) is 13.1. The molecular weight excluding hydrogens is 342 g/mol. The first-order valence-electron chi connectivity index (χ1n) is 10.0. The van der Waals surface area contributed by atoms with E-state index in [4.69, 9.17) is 9.90 Å². The third-order valence-corrected chi connectivity index (χ3v) is 5.74. The summed E-state index contributed by atoms with van der Waals surface area (Å²) < 4.78 is 0. The van der Waals surface area contributed by atoms with Gasteiger partial charge >= 0.3 is 0 Å². The highest BCUT2D eigenvalue weighted by molar-refractivity contribution is 5.86. The van der Waals surface area contributed by atoms with E-state index in [-0.39, 0.29) is 17.9 Å². The molecule has 1 aromatic rings. The second-order valence-corrected chi connectivity index (χ2v) is 7.40. The minimum Gasteiger partial charge on any atom is -0.483 e. The van der Waals surface area contributed by atoms with Crippen LogP contribution in [0.3, 0.4) is 0 Å². The molecule has 0 spiro atoms. The molecule has 0 radical (unpaired) electrons. The van der Waals surface area contributed by atoms with Gasteiger partial charge in [0.2, 0.25) is 5.91 Å². The van der Waals surface area contributed by atoms with Crippen molar-refractivity contribution in [1.29, 1.82) is 0 Å². The van der Waals surface area contributed by atoms with Crippen molar-refractivity contribution in [2.45, 2.75) is 50.5 Å². The zero-order valence-corrected chi connectivity index (χ0v) is 16.4. The van der Waals surface area contributed by atoms with Crippen LogP contribution in [-0.4, -0.2) is 61.2 Å². The van der Waals surface area contributed by atoms with Crippen LogP contribution in [0.4, 0.5) is 5.69 Å². The van der Waals surface area contributed by atoms with Gasteiger partial charge in [-0.05, 0) is 50.9 Å². The molecule has 27 heavy (non-hydrogen) atoms. The van der Waals surface area contributed by atoms with Crippen LogP contribution < -0.4 is 10.2 Å². The number of hydrogen-bond acceptors (Lipinski definition) is 4. The molecule has 2 fully saturated rings. The first kappa shape index (κ1) is 21.2. The summed E-state index contributed by atoms with van der Waals surface area (Å²) in [5, 5.41) is 10.1. The van der Waals surface area contributed by atoms with Crippen molar-refractivity contribution >= 4 is 18.1 Å². The van der Waals surface area contributed by atoms with Crippen molar-refractivity contribution in [3.05, 3.63) is 30.3 Å². The van der Waals surface area contributed by atoms with E-state index in [1.807, 2.05) is 6.07 Å². The predicted molar refractivity (Wildman–Crippen MR) is 108 cm³/mol. The molecule has 1 aliphatic heterocycles. The summed E-state index contributed by atoms with van der Waals surface area (Å²) in [6.07, 6.45) is 8.21. The van der Waals surface area contributed by atoms with Crippen molar-refractivity contribution in [2.75, 3.05) is 38.1 Å². The molecule has 2 aliphatic rings. The number of carbonyl (C=O) groups excluding carboxylic acids is 1. The number of carbonyl (C=O) groups is 2. The molecule has 1 amide bonds. The van der Waals surface area contributed by atoms with E-state index in [1.54, 1.807) is 0 Å². The minimum atomic E-state index is -0.250. The average molecular weight is 376 g/mol. The summed E-state index contributed by atoms with van der Waals surface area (Å²) in [7, 11) is 2.08. The molecule has 2 N–H and O–H groups in total. The van der Waals surface area contributed by atoms with E-state index in [0.717, 1.165) is 32.5 Å². The number of carboxylic acid groups (broad SMARTS) is 1. The maximum Gasteiger partial charge on any atom is 0.290 e. The van der Waals surface area contributed by atoms with E-state index in [9.17, 15) is 4.79 Å². The molecule has 1 saturated carbocycles. The second kappa shape index (κ2) is 10.9. The smallest absolute Gasteiger partial charge is 0.290 e. The van der Waals surface area contributed by atoms with Crippen LogP contribution in [-0.2, 0) is 9.59 Å². The number of likely N-dealkylation sites (N-methyl/N-ethyl adjacent to an activating group) is 1. The lowest BCUT2D eigenvalue weighted by atomic mass is 9.79. The molecule has 1 aliphatic carbocycles. The van der Waals surface area contributed by atoms with Gasteiger partial charge in [0.25, 0.3) is 6.47 Å². The Kier molecular flexibility index (Phi) is 8.58. The second-order valence-electron chi connectivity index (χ2n) is 7.40. The fraction of sp³-hybridized carbons (Fsp3) is 0.619. The van der Waals surface area contributed by atoms with Gasteiger partial charge in [0.1, 0.15) is 5.54 Å². The third kappa shape index (κ3) is 5.70. The highest BCUT2D eigenvalue weighted by Gasteiger charge is 2.45. The predicted octanol–water partition coefficient (Wildman–Crippen LogP) is 2.74. The molecule has 0 aromatic heterocycles. The van der Waals surface area contributed by atoms with Crippen LogP contribution in [0.2, 0.25) is 0 Å². The van der Waals surface area contributed by atoms with Crippen LogP contribution in [0.15, 0.2) is 30.3 Å². The molecule has 3 rings (SSSR count). The van der Waals surface area contributed by atoms with E-state index in [2.05, 4.69) is 46.4 Å². The van der Waals surface area contributed by atoms with Crippen molar-refractivity contribution in [2.24, 2.45) is 0 Å². The number of rotatable bonds is 6. The summed E-state index contributed by atoms with van der Waals surface area (Å²) in [6, 6.07) is 10.3. The fourth-order valence-corrected chi connectivity index (χ4v) is 4.28. The zero-order chi connectivity index (χ0) is 19.5. The number of anilines is 1. The maximum absolute atomic E-state index is 13.1. The molecule has 0 bridgehead atoms. The summed E-state index contributed by atoms with van der Waals surface area (Å²) in [5.74, 6) is 0.269. The van der Waals surface area contributed by atoms with Crippen molar-refractivity contribution in [3.8, 4) is 0 Å². The van der Waals surface area contributed by atoms with Gasteiger partial charge in [0.05, 0.1) is 0 Å². The van der Waals surface area contributed by atoms with Crippen LogP contribution >= 0.6 is 0 Å². The highest BCUT2D eigenvalue weighted by atomic mass is 16.3. The fourth-order valence-electron chi connectivity index (χ4n) is 4.28. The van der Waals surface area contributed by atoms with Gasteiger partial charge in [-0.3, -0.25) is 14.5 Å². The zero-order valence-electron chi connectivity index (χ0n) is 16.4. The monoisotopic (exact) mass is 375 g/mol. The SMILES string of the molecule is CN(CCNC(=O)C1(N2CCCC2)CCCCC1)c1ccccc1.O=CO. The molecule has 1 saturated heterocycles. The number of nitrogens with one attached hydrogen (secondary N) is 1. The number of likely N-dealkylation sites (tertiary alicyclic amines) is 1. The standard InChI is InChI=1S/C20H31N3O.CH2O2/c1-22(18-10-4-2-5-11-18)17-14-21-19(24)20(12-6-3-7-13-20)23-15-8-9-16-23;2-1-3/h2,4-5,10-11H,3,6-9,12-17H2,1H3,(H,21,24);1H,(H,2,3). The largest absolute Gasteiger partial charge is 0.483 e. The van der Waals surface area contributed by atoms with Gasteiger partial charge in [-0.25, -0.2) is 0 Å². The molecular formula is C21H33N3O3. The molecule has 0 unspecified atom stereocenters. The van der Waals surface area contributed by atoms with E-state index < -0.39 is 0 Å². The van der Waals surface area contributed by atoms with Crippen LogP contribution in [0.5, 0.6) is 0 Å². The Bertz CT molecular complexity index is 567. The Labute approximate surface area is 162 Å². The van der Waals surface area contributed by atoms with Crippen LogP contribution in [0.25, 0.3) is 0 Å². The van der Waals surface area contributed by atoms with E-state index in [0.29, 0.717) is 6.54 Å². The van der Waals surface area contributed by atoms with Crippen LogP contribution in [0.1, 0.15) is 44.9 Å². The summed E-state index contributed by atoms with van der Waals surface area (Å²) in [6.45, 7) is 3.49. The van der Waals surface area contributed by atoms with E-state index >= 15 is 0 Å². The third-order valence-electron chi connectivity index (χ3n) is 5.74. The Morgan fingerprint density at radius 1 is 1.15 bits per heavy atom. The number of amides is 1. The quantitative estimate of drug-likeness (QED) is 0.748. The molecule has 6 nitrogen and oxygen atoms in total. The van der Waals surface area contributed by atoms with Crippen molar-refractivity contribution in [3.63, 3.8) is 0 Å². The summed E-state index contributed by atoms with van der Waals surface area (Å²) >= 11 is 0. The van der Waals surface area contributed by atoms with Gasteiger partial charge in [-0.15, -0.1) is 0 Å². The van der Waals surface area contributed by atoms with Crippen molar-refractivity contribution in [1.82, 2.24) is 10.2 Å². The Morgan fingerprint density at radius 2 is 1.74 bits per heavy atom. The van der Waals surface area contributed by atoms with Gasteiger partial charge in [0, 0.05) is 25.8 Å². The first-order valence-corrected chi connectivity index (χ1v) is 10.0. The lowest BCUT2D eigenvalue weighted by Crippen LogP contribution is -2.59. The Hall–Kier alpha value is -2.08. The lowest BCUT2D eigenvalue weighted by Gasteiger charge is -2.43. The number of para-hydroxylation sites is 1. The molecule has 6 heteroatoms. The van der Waals surface area contributed by atoms with Crippen LogP contribution in [0, 0.1) is 0 Å². The topological polar surface area (TPSA) is 72.9 Å². The lowest BCUT2D eigenvalue weighted by molar-refractivity contribution is -0.135. The summed E-state index contributed by atoms with van der Waals surface area (Å²) in [4.78, 5) is 26.1. The Balaban J connectivity index is 0.000000817. The Morgan fingerprint density at radius 3 is 2.33 bits per heavy atom. The molecule has 1 heterocycles. The molecule has 1 aromatic carbocycles. The normalized spacial score (nSPS) is 18.9. The number of hydrogen-bond donors (Lipinski definition) is 2. The van der Waals surface area contributed by atoms with Gasteiger partial charge < -0.3 is 15.3 Å². The van der Waals surface area contributed by atoms with Gasteiger partial charge in [-0.2, -0.15) is 0 Å².